The summed E-state index contributed by atoms with van der Waals surface area (Å²) in [7, 11) is 0. The van der Waals surface area contributed by atoms with Crippen molar-refractivity contribution in [2.75, 3.05) is 16.8 Å². The third-order valence-electron chi connectivity index (χ3n) is 4.54. The van der Waals surface area contributed by atoms with E-state index in [-0.39, 0.29) is 17.1 Å². The zero-order valence-corrected chi connectivity index (χ0v) is 15.7. The molecule has 2 amide bonds. The van der Waals surface area contributed by atoms with E-state index in [0.717, 1.165) is 6.42 Å². The van der Waals surface area contributed by atoms with Crippen LogP contribution in [0.5, 0.6) is 0 Å². The molecule has 1 heterocycles. The van der Waals surface area contributed by atoms with Crippen molar-refractivity contribution in [2.45, 2.75) is 20.3 Å². The molecule has 3 rings (SSSR count). The van der Waals surface area contributed by atoms with Gasteiger partial charge in [0.15, 0.2) is 0 Å². The third-order valence-corrected chi connectivity index (χ3v) is 4.54. The van der Waals surface area contributed by atoms with E-state index >= 15 is 0 Å². The quantitative estimate of drug-likeness (QED) is 0.629. The van der Waals surface area contributed by atoms with Crippen LogP contribution in [0, 0.1) is 23.1 Å². The second kappa shape index (κ2) is 8.05. The molecule has 0 atom stereocenters. The van der Waals surface area contributed by atoms with E-state index in [9.17, 15) is 19.2 Å². The van der Waals surface area contributed by atoms with Crippen molar-refractivity contribution >= 4 is 28.8 Å². The summed E-state index contributed by atoms with van der Waals surface area (Å²) in [5.74, 6) is -1.08. The van der Waals surface area contributed by atoms with Gasteiger partial charge < -0.3 is 10.2 Å². The molecule has 1 N–H and O–H groups in total. The maximum Gasteiger partial charge on any atom is 0.267 e. The summed E-state index contributed by atoms with van der Waals surface area (Å²) in [6, 6.07) is 14.2. The van der Waals surface area contributed by atoms with Gasteiger partial charge in [0.05, 0.1) is 11.3 Å². The first-order valence-electron chi connectivity index (χ1n) is 9.05. The van der Waals surface area contributed by atoms with Crippen molar-refractivity contribution in [3.05, 3.63) is 65.5 Å². The number of fused-ring (bicyclic) bond motifs is 1. The Morgan fingerprint density at radius 3 is 2.50 bits per heavy atom. The van der Waals surface area contributed by atoms with Crippen molar-refractivity contribution in [1.29, 1.82) is 5.26 Å². The number of hydrogen-bond acceptors (Lipinski definition) is 3. The second-order valence-corrected chi connectivity index (χ2v) is 6.98. The number of hydrogen-bond donors (Lipinski definition) is 1. The largest absolute Gasteiger partial charge is 0.321 e. The highest BCUT2D eigenvalue weighted by Gasteiger charge is 2.36. The molecule has 0 saturated heterocycles. The Labute approximate surface area is 163 Å². The van der Waals surface area contributed by atoms with Crippen LogP contribution in [-0.2, 0) is 9.59 Å². The minimum Gasteiger partial charge on any atom is -0.321 e. The number of amides is 2. The maximum atomic E-state index is 13.1. The minimum atomic E-state index is -0.696. The zero-order chi connectivity index (χ0) is 20.3. The molecular formula is C22H20FN3O2. The van der Waals surface area contributed by atoms with E-state index in [1.165, 1.54) is 24.3 Å². The summed E-state index contributed by atoms with van der Waals surface area (Å²) in [5, 5.41) is 12.2. The van der Waals surface area contributed by atoms with Crippen LogP contribution in [-0.4, -0.2) is 18.4 Å². The monoisotopic (exact) mass is 377 g/mol. The van der Waals surface area contributed by atoms with Gasteiger partial charge in [0.25, 0.3) is 11.8 Å². The average Bonchev–Trinajstić information content (AvgIpc) is 2.94. The van der Waals surface area contributed by atoms with Gasteiger partial charge in [-0.2, -0.15) is 5.26 Å². The van der Waals surface area contributed by atoms with Gasteiger partial charge in [-0.05, 0) is 42.7 Å². The van der Waals surface area contributed by atoms with E-state index < -0.39 is 11.7 Å². The SMILES string of the molecule is CC(C)CCN1C(=O)C(=C(C#N)C(=O)Nc2ccc(F)cc2)c2ccccc21. The van der Waals surface area contributed by atoms with Crippen LogP contribution in [0.3, 0.4) is 0 Å². The van der Waals surface area contributed by atoms with E-state index in [4.69, 9.17) is 0 Å². The number of benzene rings is 2. The zero-order valence-electron chi connectivity index (χ0n) is 15.7. The van der Waals surface area contributed by atoms with Gasteiger partial charge in [-0.15, -0.1) is 0 Å². The molecule has 6 heteroatoms. The number of para-hydroxylation sites is 1. The molecule has 1 aliphatic heterocycles. The molecule has 0 unspecified atom stereocenters. The van der Waals surface area contributed by atoms with Crippen molar-refractivity contribution < 1.29 is 14.0 Å². The van der Waals surface area contributed by atoms with E-state index in [2.05, 4.69) is 19.2 Å². The van der Waals surface area contributed by atoms with Gasteiger partial charge in [0.2, 0.25) is 0 Å². The first kappa shape index (κ1) is 19.3. The molecule has 5 nitrogen and oxygen atoms in total. The Bertz CT molecular complexity index is 988. The van der Waals surface area contributed by atoms with E-state index in [1.54, 1.807) is 17.0 Å². The molecule has 28 heavy (non-hydrogen) atoms. The highest BCUT2D eigenvalue weighted by atomic mass is 19.1. The van der Waals surface area contributed by atoms with Crippen molar-refractivity contribution in [2.24, 2.45) is 5.92 Å². The number of carbonyl (C=O) groups is 2. The maximum absolute atomic E-state index is 13.1. The van der Waals surface area contributed by atoms with Gasteiger partial charge >= 0.3 is 0 Å². The van der Waals surface area contributed by atoms with Crippen molar-refractivity contribution in [3.63, 3.8) is 0 Å². The van der Waals surface area contributed by atoms with E-state index in [0.29, 0.717) is 29.4 Å². The lowest BCUT2D eigenvalue weighted by Gasteiger charge is -2.18. The lowest BCUT2D eigenvalue weighted by Crippen LogP contribution is -2.29. The molecule has 0 radical (unpaired) electrons. The van der Waals surface area contributed by atoms with E-state index in [1.807, 2.05) is 18.2 Å². The molecule has 0 fully saturated rings. The fourth-order valence-electron chi connectivity index (χ4n) is 3.08. The number of carbonyl (C=O) groups excluding carboxylic acids is 2. The molecule has 1 aliphatic rings. The number of rotatable bonds is 5. The van der Waals surface area contributed by atoms with Crippen LogP contribution in [0.25, 0.3) is 5.57 Å². The molecule has 2 aromatic carbocycles. The summed E-state index contributed by atoms with van der Waals surface area (Å²) in [6.07, 6.45) is 0.803. The van der Waals surface area contributed by atoms with Gasteiger partial charge in [0.1, 0.15) is 17.5 Å². The first-order valence-corrected chi connectivity index (χ1v) is 9.05. The molecule has 0 aromatic heterocycles. The van der Waals surface area contributed by atoms with Crippen LogP contribution in [0.4, 0.5) is 15.8 Å². The molecule has 0 aliphatic carbocycles. The summed E-state index contributed by atoms with van der Waals surface area (Å²) >= 11 is 0. The second-order valence-electron chi connectivity index (χ2n) is 6.98. The highest BCUT2D eigenvalue weighted by Crippen LogP contribution is 2.38. The summed E-state index contributed by atoms with van der Waals surface area (Å²) < 4.78 is 13.1. The summed E-state index contributed by atoms with van der Waals surface area (Å²) in [5.41, 5.74) is 1.46. The number of nitrogens with one attached hydrogen (secondary N) is 1. The van der Waals surface area contributed by atoms with Gasteiger partial charge in [-0.3, -0.25) is 9.59 Å². The Morgan fingerprint density at radius 2 is 1.86 bits per heavy atom. The lowest BCUT2D eigenvalue weighted by molar-refractivity contribution is -0.114. The van der Waals surface area contributed by atoms with Crippen LogP contribution in [0.2, 0.25) is 0 Å². The predicted molar refractivity (Wildman–Crippen MR) is 106 cm³/mol. The van der Waals surface area contributed by atoms with Gasteiger partial charge in [-0.25, -0.2) is 4.39 Å². The van der Waals surface area contributed by atoms with Gasteiger partial charge in [-0.1, -0.05) is 32.0 Å². The van der Waals surface area contributed by atoms with Crippen LogP contribution in [0.15, 0.2) is 54.1 Å². The topological polar surface area (TPSA) is 73.2 Å². The molecule has 0 bridgehead atoms. The third kappa shape index (κ3) is 3.79. The summed E-state index contributed by atoms with van der Waals surface area (Å²) in [4.78, 5) is 27.4. The first-order chi connectivity index (χ1) is 13.4. The minimum absolute atomic E-state index is 0.0986. The number of halogens is 1. The molecular weight excluding hydrogens is 357 g/mol. The Balaban J connectivity index is 1.99. The summed E-state index contributed by atoms with van der Waals surface area (Å²) in [6.45, 7) is 4.65. The molecule has 142 valence electrons. The number of nitrogens with zero attached hydrogens (tertiary/aromatic N) is 2. The fraction of sp³-hybridized carbons (Fsp3) is 0.227. The number of nitriles is 1. The van der Waals surface area contributed by atoms with Crippen LogP contribution >= 0.6 is 0 Å². The van der Waals surface area contributed by atoms with Crippen LogP contribution in [0.1, 0.15) is 25.8 Å². The lowest BCUT2D eigenvalue weighted by atomic mass is 10.0. The Morgan fingerprint density at radius 1 is 1.18 bits per heavy atom. The Hall–Kier alpha value is -3.46. The smallest absolute Gasteiger partial charge is 0.267 e. The Kier molecular flexibility index (Phi) is 5.55. The highest BCUT2D eigenvalue weighted by molar-refractivity contribution is 6.37. The number of anilines is 2. The van der Waals surface area contributed by atoms with Gasteiger partial charge in [0, 0.05) is 17.8 Å². The average molecular weight is 377 g/mol. The normalized spacial score (nSPS) is 14.7. The van der Waals surface area contributed by atoms with Crippen molar-refractivity contribution in [1.82, 2.24) is 0 Å². The molecule has 2 aromatic rings. The molecule has 0 spiro atoms. The standard InChI is InChI=1S/C22H20FN3O2/c1-14(2)11-12-26-19-6-4-3-5-17(19)20(22(26)28)18(13-24)21(27)25-16-9-7-15(23)8-10-16/h3-10,14H,11-12H2,1-2H3,(H,25,27). The fourth-order valence-corrected chi connectivity index (χ4v) is 3.08. The molecule has 0 saturated carbocycles. The van der Waals surface area contributed by atoms with Crippen molar-refractivity contribution in [3.8, 4) is 6.07 Å². The van der Waals surface area contributed by atoms with Crippen LogP contribution < -0.4 is 10.2 Å². The predicted octanol–water partition coefficient (Wildman–Crippen LogP) is 4.13.